The van der Waals surface area contributed by atoms with E-state index in [1.807, 2.05) is 19.1 Å². The summed E-state index contributed by atoms with van der Waals surface area (Å²) in [6.45, 7) is 2.03. The Kier molecular flexibility index (Phi) is 3.26. The molecular formula is C19H17N. The Bertz CT molecular complexity index is 713. The van der Waals surface area contributed by atoms with Crippen LogP contribution in [0.25, 0.3) is 22.3 Å². The Morgan fingerprint density at radius 3 is 1.70 bits per heavy atom. The Balaban J connectivity index is 1.95. The molecule has 0 aromatic heterocycles. The average Bonchev–Trinajstić information content (AvgIpc) is 2.51. The van der Waals surface area contributed by atoms with Crippen LogP contribution in [0.4, 0.5) is 5.69 Å². The SMILES string of the molecule is Cc1ccc(-c2ccc(-c3ccccc3)cc2)cc1N. The van der Waals surface area contributed by atoms with E-state index in [4.69, 9.17) is 5.73 Å². The molecule has 3 aromatic rings. The normalized spacial score (nSPS) is 10.4. The highest BCUT2D eigenvalue weighted by Gasteiger charge is 2.01. The molecular weight excluding hydrogens is 242 g/mol. The first-order chi connectivity index (χ1) is 9.74. The lowest BCUT2D eigenvalue weighted by Gasteiger charge is -2.07. The van der Waals surface area contributed by atoms with Crippen molar-refractivity contribution in [2.45, 2.75) is 6.92 Å². The maximum Gasteiger partial charge on any atom is 0.0349 e. The van der Waals surface area contributed by atoms with Crippen molar-refractivity contribution in [3.63, 3.8) is 0 Å². The topological polar surface area (TPSA) is 26.0 Å². The van der Waals surface area contributed by atoms with Crippen molar-refractivity contribution >= 4 is 5.69 Å². The van der Waals surface area contributed by atoms with Crippen LogP contribution in [0.15, 0.2) is 72.8 Å². The summed E-state index contributed by atoms with van der Waals surface area (Å²) in [5.41, 5.74) is 12.8. The Morgan fingerprint density at radius 1 is 0.600 bits per heavy atom. The van der Waals surface area contributed by atoms with E-state index in [-0.39, 0.29) is 0 Å². The third kappa shape index (κ3) is 2.43. The van der Waals surface area contributed by atoms with Gasteiger partial charge in [-0.2, -0.15) is 0 Å². The maximum atomic E-state index is 5.98. The smallest absolute Gasteiger partial charge is 0.0349 e. The third-order valence-electron chi connectivity index (χ3n) is 3.60. The van der Waals surface area contributed by atoms with Crippen LogP contribution >= 0.6 is 0 Å². The van der Waals surface area contributed by atoms with Gasteiger partial charge in [0.1, 0.15) is 0 Å². The summed E-state index contributed by atoms with van der Waals surface area (Å²) in [5.74, 6) is 0. The van der Waals surface area contributed by atoms with E-state index in [9.17, 15) is 0 Å². The van der Waals surface area contributed by atoms with Crippen molar-refractivity contribution in [2.24, 2.45) is 0 Å². The van der Waals surface area contributed by atoms with Crippen molar-refractivity contribution in [2.75, 3.05) is 5.73 Å². The molecule has 98 valence electrons. The first-order valence-electron chi connectivity index (χ1n) is 6.76. The molecule has 0 amide bonds. The van der Waals surface area contributed by atoms with Gasteiger partial charge in [-0.15, -0.1) is 0 Å². The van der Waals surface area contributed by atoms with E-state index in [0.717, 1.165) is 16.8 Å². The zero-order valence-electron chi connectivity index (χ0n) is 11.5. The zero-order chi connectivity index (χ0) is 13.9. The summed E-state index contributed by atoms with van der Waals surface area (Å²) in [7, 11) is 0. The number of nitrogen functional groups attached to an aromatic ring is 1. The van der Waals surface area contributed by atoms with E-state index in [2.05, 4.69) is 60.7 Å². The van der Waals surface area contributed by atoms with Gasteiger partial charge >= 0.3 is 0 Å². The van der Waals surface area contributed by atoms with Crippen LogP contribution in [0, 0.1) is 6.92 Å². The number of hydrogen-bond acceptors (Lipinski definition) is 1. The second kappa shape index (κ2) is 5.22. The summed E-state index contributed by atoms with van der Waals surface area (Å²) >= 11 is 0. The zero-order valence-corrected chi connectivity index (χ0v) is 11.5. The molecule has 0 aliphatic heterocycles. The van der Waals surface area contributed by atoms with Crippen LogP contribution in [-0.4, -0.2) is 0 Å². The minimum Gasteiger partial charge on any atom is -0.398 e. The predicted octanol–water partition coefficient (Wildman–Crippen LogP) is 4.91. The standard InChI is InChI=1S/C19H17N/c1-14-7-8-18(13-19(14)20)17-11-9-16(10-12-17)15-5-3-2-4-6-15/h2-13H,20H2,1H3. The summed E-state index contributed by atoms with van der Waals surface area (Å²) in [4.78, 5) is 0. The van der Waals surface area contributed by atoms with Gasteiger partial charge < -0.3 is 5.73 Å². The molecule has 2 N–H and O–H groups in total. The van der Waals surface area contributed by atoms with Crippen LogP contribution in [0.1, 0.15) is 5.56 Å². The molecule has 0 saturated heterocycles. The van der Waals surface area contributed by atoms with Gasteiger partial charge in [-0.3, -0.25) is 0 Å². The molecule has 20 heavy (non-hydrogen) atoms. The van der Waals surface area contributed by atoms with Crippen molar-refractivity contribution in [1.82, 2.24) is 0 Å². The van der Waals surface area contributed by atoms with Crippen molar-refractivity contribution in [1.29, 1.82) is 0 Å². The molecule has 0 radical (unpaired) electrons. The highest BCUT2D eigenvalue weighted by molar-refractivity contribution is 5.72. The quantitative estimate of drug-likeness (QED) is 0.650. The van der Waals surface area contributed by atoms with E-state index < -0.39 is 0 Å². The summed E-state index contributed by atoms with van der Waals surface area (Å²) in [6, 6.07) is 25.2. The van der Waals surface area contributed by atoms with Gasteiger partial charge in [-0.25, -0.2) is 0 Å². The van der Waals surface area contributed by atoms with Crippen LogP contribution in [0.2, 0.25) is 0 Å². The van der Waals surface area contributed by atoms with E-state index in [1.165, 1.54) is 16.7 Å². The number of benzene rings is 3. The first-order valence-corrected chi connectivity index (χ1v) is 6.76. The minimum absolute atomic E-state index is 0.842. The average molecular weight is 259 g/mol. The second-order valence-corrected chi connectivity index (χ2v) is 5.01. The molecule has 1 heteroatoms. The van der Waals surface area contributed by atoms with Gasteiger partial charge in [0, 0.05) is 5.69 Å². The molecule has 1 nitrogen and oxygen atoms in total. The summed E-state index contributed by atoms with van der Waals surface area (Å²) in [6.07, 6.45) is 0. The van der Waals surface area contributed by atoms with E-state index in [0.29, 0.717) is 0 Å². The lowest BCUT2D eigenvalue weighted by atomic mass is 9.99. The Morgan fingerprint density at radius 2 is 1.10 bits per heavy atom. The van der Waals surface area contributed by atoms with Gasteiger partial charge in [0.25, 0.3) is 0 Å². The largest absolute Gasteiger partial charge is 0.398 e. The fraction of sp³-hybridized carbons (Fsp3) is 0.0526. The van der Waals surface area contributed by atoms with Gasteiger partial charge in [0.2, 0.25) is 0 Å². The molecule has 3 rings (SSSR count). The third-order valence-corrected chi connectivity index (χ3v) is 3.60. The molecule has 0 aliphatic carbocycles. The molecule has 0 bridgehead atoms. The Labute approximate surface area is 119 Å². The molecule has 0 aliphatic rings. The summed E-state index contributed by atoms with van der Waals surface area (Å²) in [5, 5.41) is 0. The number of anilines is 1. The van der Waals surface area contributed by atoms with Crippen LogP contribution in [-0.2, 0) is 0 Å². The van der Waals surface area contributed by atoms with E-state index >= 15 is 0 Å². The molecule has 0 spiro atoms. The molecule has 0 atom stereocenters. The van der Waals surface area contributed by atoms with Crippen molar-refractivity contribution in [3.8, 4) is 22.3 Å². The minimum atomic E-state index is 0.842. The lowest BCUT2D eigenvalue weighted by molar-refractivity contribution is 1.47. The van der Waals surface area contributed by atoms with Crippen LogP contribution < -0.4 is 5.73 Å². The number of aryl methyl sites for hydroxylation is 1. The Hall–Kier alpha value is -2.54. The first kappa shape index (κ1) is 12.5. The van der Waals surface area contributed by atoms with Gasteiger partial charge in [-0.05, 0) is 40.8 Å². The van der Waals surface area contributed by atoms with Crippen molar-refractivity contribution in [3.05, 3.63) is 78.4 Å². The molecule has 0 saturated carbocycles. The fourth-order valence-electron chi connectivity index (χ4n) is 2.31. The lowest BCUT2D eigenvalue weighted by Crippen LogP contribution is -1.89. The van der Waals surface area contributed by atoms with Crippen LogP contribution in [0.5, 0.6) is 0 Å². The highest BCUT2D eigenvalue weighted by Crippen LogP contribution is 2.26. The van der Waals surface area contributed by atoms with Gasteiger partial charge in [-0.1, -0.05) is 66.7 Å². The number of rotatable bonds is 2. The van der Waals surface area contributed by atoms with Crippen LogP contribution in [0.3, 0.4) is 0 Å². The molecule has 0 heterocycles. The van der Waals surface area contributed by atoms with Crippen molar-refractivity contribution < 1.29 is 0 Å². The molecule has 0 fully saturated rings. The molecule has 0 unspecified atom stereocenters. The maximum absolute atomic E-state index is 5.98. The predicted molar refractivity (Wildman–Crippen MR) is 86.5 cm³/mol. The van der Waals surface area contributed by atoms with E-state index in [1.54, 1.807) is 0 Å². The highest BCUT2D eigenvalue weighted by atomic mass is 14.5. The monoisotopic (exact) mass is 259 g/mol. The van der Waals surface area contributed by atoms with Gasteiger partial charge in [0.05, 0.1) is 0 Å². The van der Waals surface area contributed by atoms with Gasteiger partial charge in [0.15, 0.2) is 0 Å². The fourth-order valence-corrected chi connectivity index (χ4v) is 2.31. The summed E-state index contributed by atoms with van der Waals surface area (Å²) < 4.78 is 0. The number of hydrogen-bond donors (Lipinski definition) is 1. The number of nitrogens with two attached hydrogens (primary N) is 1. The second-order valence-electron chi connectivity index (χ2n) is 5.01. The molecule has 3 aromatic carbocycles.